The molecular weight excluding hydrogens is 444 g/mol. The normalized spacial score (nSPS) is 11.7. The van der Waals surface area contributed by atoms with Gasteiger partial charge in [-0.15, -0.1) is 18.3 Å². The molecule has 4 rings (SSSR count). The molecule has 8 nitrogen and oxygen atoms in total. The lowest BCUT2D eigenvalue weighted by atomic mass is 10.1. The van der Waals surface area contributed by atoms with Gasteiger partial charge in [0.25, 0.3) is 0 Å². The second-order valence-electron chi connectivity index (χ2n) is 7.15. The van der Waals surface area contributed by atoms with Crippen LogP contribution in [0, 0.1) is 5.82 Å². The SMILES string of the molecule is CCn1ncc2cc(CC(=O)Nc3cnn(Cc4ccc(OC(F)(F)F)c(F)c4)n3)ccc21. The van der Waals surface area contributed by atoms with Crippen molar-refractivity contribution in [2.24, 2.45) is 0 Å². The summed E-state index contributed by atoms with van der Waals surface area (Å²) < 4.78 is 56.1. The summed E-state index contributed by atoms with van der Waals surface area (Å²) >= 11 is 0. The van der Waals surface area contributed by atoms with Gasteiger partial charge in [-0.3, -0.25) is 9.48 Å². The summed E-state index contributed by atoms with van der Waals surface area (Å²) in [5.41, 5.74) is 2.11. The lowest BCUT2D eigenvalue weighted by Crippen LogP contribution is -2.18. The number of fused-ring (bicyclic) bond motifs is 1. The summed E-state index contributed by atoms with van der Waals surface area (Å²) in [5.74, 6) is -2.19. The molecular formula is C21H18F4N6O2. The predicted octanol–water partition coefficient (Wildman–Crippen LogP) is 3.91. The maximum Gasteiger partial charge on any atom is 0.573 e. The Hall–Kier alpha value is -3.96. The summed E-state index contributed by atoms with van der Waals surface area (Å²) in [6.45, 7) is 2.73. The van der Waals surface area contributed by atoms with E-state index >= 15 is 0 Å². The molecule has 0 aliphatic rings. The maximum absolute atomic E-state index is 13.8. The van der Waals surface area contributed by atoms with E-state index < -0.39 is 17.9 Å². The smallest absolute Gasteiger partial charge is 0.403 e. The van der Waals surface area contributed by atoms with Crippen LogP contribution in [0.3, 0.4) is 0 Å². The highest BCUT2D eigenvalue weighted by Gasteiger charge is 2.32. The van der Waals surface area contributed by atoms with Gasteiger partial charge in [0.05, 0.1) is 30.9 Å². The molecule has 172 valence electrons. The molecule has 0 saturated carbocycles. The number of rotatable bonds is 7. The summed E-state index contributed by atoms with van der Waals surface area (Å²) in [7, 11) is 0. The largest absolute Gasteiger partial charge is 0.573 e. The first-order valence-corrected chi connectivity index (χ1v) is 9.89. The number of carbonyl (C=O) groups excluding carboxylic acids is 1. The third-order valence-electron chi connectivity index (χ3n) is 4.72. The van der Waals surface area contributed by atoms with Crippen LogP contribution in [0.15, 0.2) is 48.8 Å². The number of nitrogens with zero attached hydrogens (tertiary/aromatic N) is 5. The van der Waals surface area contributed by atoms with Gasteiger partial charge in [0, 0.05) is 11.9 Å². The van der Waals surface area contributed by atoms with Gasteiger partial charge >= 0.3 is 6.36 Å². The molecule has 12 heteroatoms. The van der Waals surface area contributed by atoms with Gasteiger partial charge in [0.15, 0.2) is 17.4 Å². The first-order valence-electron chi connectivity index (χ1n) is 9.89. The Bertz CT molecular complexity index is 1300. The molecule has 1 amide bonds. The minimum atomic E-state index is -4.98. The number of hydrogen-bond acceptors (Lipinski definition) is 5. The number of alkyl halides is 3. The van der Waals surface area contributed by atoms with E-state index in [1.165, 1.54) is 17.1 Å². The molecule has 0 aliphatic heterocycles. The van der Waals surface area contributed by atoms with Crippen molar-refractivity contribution in [1.29, 1.82) is 0 Å². The zero-order chi connectivity index (χ0) is 23.6. The monoisotopic (exact) mass is 462 g/mol. The first-order chi connectivity index (χ1) is 15.7. The van der Waals surface area contributed by atoms with Crippen molar-refractivity contribution in [3.63, 3.8) is 0 Å². The molecule has 2 aromatic carbocycles. The van der Waals surface area contributed by atoms with Gasteiger partial charge in [0.2, 0.25) is 5.91 Å². The molecule has 0 bridgehead atoms. The van der Waals surface area contributed by atoms with Crippen LogP contribution in [0.25, 0.3) is 10.9 Å². The average molecular weight is 462 g/mol. The van der Waals surface area contributed by atoms with E-state index in [9.17, 15) is 22.4 Å². The van der Waals surface area contributed by atoms with Gasteiger partial charge in [-0.05, 0) is 42.3 Å². The summed E-state index contributed by atoms with van der Waals surface area (Å²) in [5, 5.41) is 15.9. The molecule has 33 heavy (non-hydrogen) atoms. The molecule has 0 radical (unpaired) electrons. The van der Waals surface area contributed by atoms with Gasteiger partial charge in [0.1, 0.15) is 0 Å². The first kappa shape index (κ1) is 22.2. The number of halogens is 4. The number of aryl methyl sites for hydroxylation is 1. The van der Waals surface area contributed by atoms with Crippen molar-refractivity contribution >= 4 is 22.6 Å². The maximum atomic E-state index is 13.8. The summed E-state index contributed by atoms with van der Waals surface area (Å²) in [6.07, 6.45) is -1.80. The second-order valence-corrected chi connectivity index (χ2v) is 7.15. The van der Waals surface area contributed by atoms with Crippen LogP contribution < -0.4 is 10.1 Å². The lowest BCUT2D eigenvalue weighted by Gasteiger charge is -2.10. The Morgan fingerprint density at radius 1 is 1.09 bits per heavy atom. The minimum absolute atomic E-state index is 0.0167. The van der Waals surface area contributed by atoms with Crippen LogP contribution in [0.4, 0.5) is 23.4 Å². The van der Waals surface area contributed by atoms with Crippen molar-refractivity contribution in [3.05, 3.63) is 65.7 Å². The number of nitrogens with one attached hydrogen (secondary N) is 1. The third-order valence-corrected chi connectivity index (χ3v) is 4.72. The van der Waals surface area contributed by atoms with E-state index in [0.717, 1.165) is 35.1 Å². The Kier molecular flexibility index (Phi) is 5.99. The fourth-order valence-electron chi connectivity index (χ4n) is 3.32. The van der Waals surface area contributed by atoms with E-state index in [1.807, 2.05) is 29.8 Å². The molecule has 0 aliphatic carbocycles. The number of amides is 1. The molecule has 0 fully saturated rings. The average Bonchev–Trinajstić information content (AvgIpc) is 3.35. The Morgan fingerprint density at radius 2 is 1.88 bits per heavy atom. The second kappa shape index (κ2) is 8.88. The standard InChI is InChI=1S/C21H18F4N6O2/c1-2-30-17-5-3-13(7-15(17)10-26-30)9-20(32)28-19-11-27-31(29-19)12-14-4-6-18(16(22)8-14)33-21(23,24)25/h3-8,10-11H,2,9,12H2,1H3,(H,28,29,32). The third kappa shape index (κ3) is 5.45. The zero-order valence-electron chi connectivity index (χ0n) is 17.3. The summed E-state index contributed by atoms with van der Waals surface area (Å²) in [6, 6.07) is 8.71. The fraction of sp³-hybridized carbons (Fsp3) is 0.238. The Balaban J connectivity index is 1.36. The molecule has 0 unspecified atom stereocenters. The predicted molar refractivity (Wildman–Crippen MR) is 110 cm³/mol. The number of aromatic nitrogens is 5. The molecule has 2 aromatic heterocycles. The van der Waals surface area contributed by atoms with Crippen LogP contribution >= 0.6 is 0 Å². The van der Waals surface area contributed by atoms with Crippen LogP contribution in [0.5, 0.6) is 5.75 Å². The quantitative estimate of drug-likeness (QED) is 0.421. The van der Waals surface area contributed by atoms with Crippen molar-refractivity contribution < 1.29 is 27.1 Å². The molecule has 0 saturated heterocycles. The van der Waals surface area contributed by atoms with Gasteiger partial charge < -0.3 is 10.1 Å². The number of carbonyl (C=O) groups is 1. The van der Waals surface area contributed by atoms with Gasteiger partial charge in [-0.2, -0.15) is 15.0 Å². The lowest BCUT2D eigenvalue weighted by molar-refractivity contribution is -0.275. The van der Waals surface area contributed by atoms with Crippen LogP contribution in [0.2, 0.25) is 0 Å². The van der Waals surface area contributed by atoms with E-state index in [4.69, 9.17) is 0 Å². The zero-order valence-corrected chi connectivity index (χ0v) is 17.3. The van der Waals surface area contributed by atoms with E-state index in [-0.39, 0.29) is 24.7 Å². The van der Waals surface area contributed by atoms with Crippen molar-refractivity contribution in [3.8, 4) is 5.75 Å². The highest BCUT2D eigenvalue weighted by molar-refractivity contribution is 5.92. The van der Waals surface area contributed by atoms with Crippen molar-refractivity contribution in [1.82, 2.24) is 24.8 Å². The highest BCUT2D eigenvalue weighted by Crippen LogP contribution is 2.26. The van der Waals surface area contributed by atoms with Crippen LogP contribution in [-0.4, -0.2) is 37.0 Å². The van der Waals surface area contributed by atoms with E-state index in [2.05, 4.69) is 25.3 Å². The van der Waals surface area contributed by atoms with Crippen molar-refractivity contribution in [2.45, 2.75) is 32.8 Å². The fourth-order valence-corrected chi connectivity index (χ4v) is 3.32. The molecule has 0 spiro atoms. The van der Waals surface area contributed by atoms with Crippen LogP contribution in [0.1, 0.15) is 18.1 Å². The summed E-state index contributed by atoms with van der Waals surface area (Å²) in [4.78, 5) is 13.6. The Morgan fingerprint density at radius 3 is 2.61 bits per heavy atom. The minimum Gasteiger partial charge on any atom is -0.403 e. The molecule has 1 N–H and O–H groups in total. The highest BCUT2D eigenvalue weighted by atomic mass is 19.4. The number of hydrogen-bond donors (Lipinski definition) is 1. The Labute approximate surface area is 184 Å². The number of benzene rings is 2. The molecule has 0 atom stereocenters. The topological polar surface area (TPSA) is 86.9 Å². The van der Waals surface area contributed by atoms with Gasteiger partial charge in [-0.25, -0.2) is 4.39 Å². The molecule has 2 heterocycles. The van der Waals surface area contributed by atoms with E-state index in [1.54, 1.807) is 6.20 Å². The molecule has 4 aromatic rings. The number of anilines is 1. The van der Waals surface area contributed by atoms with E-state index in [0.29, 0.717) is 5.56 Å². The van der Waals surface area contributed by atoms with Gasteiger partial charge in [-0.1, -0.05) is 12.1 Å². The van der Waals surface area contributed by atoms with Crippen LogP contribution in [-0.2, 0) is 24.3 Å². The number of ether oxygens (including phenoxy) is 1. The van der Waals surface area contributed by atoms with Crippen molar-refractivity contribution in [2.75, 3.05) is 5.32 Å².